The normalized spacial score (nSPS) is 11.2. The Balaban J connectivity index is 2.84. The number of aliphatic imine (C=N–C) groups is 1. The fraction of sp³-hybridized carbons (Fsp3) is 0.364. The minimum atomic E-state index is -0.398. The number of rotatable bonds is 4. The van der Waals surface area contributed by atoms with Gasteiger partial charge in [0.05, 0.1) is 10.0 Å². The molecule has 1 aromatic carbocycles. The van der Waals surface area contributed by atoms with Crippen molar-refractivity contribution >= 4 is 29.4 Å². The Bertz CT molecular complexity index is 364. The lowest BCUT2D eigenvalue weighted by Crippen LogP contribution is -1.92. The lowest BCUT2D eigenvalue weighted by molar-refractivity contribution is 0.626. The standard InChI is InChI=1S/C11H12Cl2FN/c1-2-3-6-15-7-8-10(14)5-4-9(12)11(8)13/h4-5,7H,2-3,6H2,1H3. The van der Waals surface area contributed by atoms with Crippen molar-refractivity contribution in [1.29, 1.82) is 0 Å². The predicted molar refractivity (Wildman–Crippen MR) is 63.8 cm³/mol. The second-order valence-corrected chi connectivity index (χ2v) is 3.93. The molecule has 0 unspecified atom stereocenters. The van der Waals surface area contributed by atoms with E-state index in [1.54, 1.807) is 0 Å². The summed E-state index contributed by atoms with van der Waals surface area (Å²) < 4.78 is 13.3. The van der Waals surface area contributed by atoms with Gasteiger partial charge < -0.3 is 0 Å². The third-order valence-corrected chi connectivity index (χ3v) is 2.76. The zero-order chi connectivity index (χ0) is 11.3. The molecule has 4 heteroatoms. The monoisotopic (exact) mass is 247 g/mol. The third-order valence-electron chi connectivity index (χ3n) is 1.94. The molecule has 0 atom stereocenters. The highest BCUT2D eigenvalue weighted by atomic mass is 35.5. The quantitative estimate of drug-likeness (QED) is 0.426. The van der Waals surface area contributed by atoms with Crippen molar-refractivity contribution in [3.05, 3.63) is 33.6 Å². The molecule has 0 amide bonds. The van der Waals surface area contributed by atoms with Crippen LogP contribution in [-0.2, 0) is 0 Å². The smallest absolute Gasteiger partial charge is 0.133 e. The van der Waals surface area contributed by atoms with Crippen LogP contribution >= 0.6 is 23.2 Å². The van der Waals surface area contributed by atoms with Crippen molar-refractivity contribution in [3.63, 3.8) is 0 Å². The van der Waals surface area contributed by atoms with E-state index in [1.807, 2.05) is 0 Å². The van der Waals surface area contributed by atoms with Crippen molar-refractivity contribution in [3.8, 4) is 0 Å². The van der Waals surface area contributed by atoms with Crippen LogP contribution in [0.25, 0.3) is 0 Å². The summed E-state index contributed by atoms with van der Waals surface area (Å²) in [6.45, 7) is 2.75. The Kier molecular flexibility index (Phi) is 5.06. The average molecular weight is 248 g/mol. The number of hydrogen-bond acceptors (Lipinski definition) is 1. The van der Waals surface area contributed by atoms with Gasteiger partial charge in [0.2, 0.25) is 0 Å². The van der Waals surface area contributed by atoms with E-state index in [9.17, 15) is 4.39 Å². The molecule has 1 nitrogen and oxygen atoms in total. The summed E-state index contributed by atoms with van der Waals surface area (Å²) in [6.07, 6.45) is 3.48. The zero-order valence-electron chi connectivity index (χ0n) is 8.43. The van der Waals surface area contributed by atoms with Crippen molar-refractivity contribution < 1.29 is 4.39 Å². The summed E-state index contributed by atoms with van der Waals surface area (Å²) in [5, 5.41) is 0.562. The SMILES string of the molecule is CCCCN=Cc1c(F)ccc(Cl)c1Cl. The van der Waals surface area contributed by atoms with Crippen molar-refractivity contribution in [2.75, 3.05) is 6.54 Å². The highest BCUT2D eigenvalue weighted by molar-refractivity contribution is 6.43. The van der Waals surface area contributed by atoms with Gasteiger partial charge in [0.1, 0.15) is 5.82 Å². The molecule has 0 N–H and O–H groups in total. The van der Waals surface area contributed by atoms with Gasteiger partial charge in [-0.3, -0.25) is 4.99 Å². The first-order chi connectivity index (χ1) is 7.16. The summed E-state index contributed by atoms with van der Waals surface area (Å²) >= 11 is 11.6. The number of nitrogens with zero attached hydrogens (tertiary/aromatic N) is 1. The maximum absolute atomic E-state index is 13.3. The van der Waals surface area contributed by atoms with Gasteiger partial charge in [-0.2, -0.15) is 0 Å². The molecule has 0 saturated heterocycles. The Labute approximate surface area is 98.9 Å². The maximum Gasteiger partial charge on any atom is 0.133 e. The van der Waals surface area contributed by atoms with Crippen molar-refractivity contribution in [1.82, 2.24) is 0 Å². The second kappa shape index (κ2) is 6.09. The maximum atomic E-state index is 13.3. The molecular formula is C11H12Cl2FN. The van der Waals surface area contributed by atoms with Crippen LogP contribution in [0.4, 0.5) is 4.39 Å². The van der Waals surface area contributed by atoms with Crippen LogP contribution in [0, 0.1) is 5.82 Å². The number of hydrogen-bond donors (Lipinski definition) is 0. The van der Waals surface area contributed by atoms with Gasteiger partial charge in [-0.1, -0.05) is 36.5 Å². The van der Waals surface area contributed by atoms with Crippen LogP contribution in [0.15, 0.2) is 17.1 Å². The Morgan fingerprint density at radius 3 is 2.80 bits per heavy atom. The molecule has 82 valence electrons. The van der Waals surface area contributed by atoms with E-state index in [1.165, 1.54) is 18.3 Å². The molecule has 0 spiro atoms. The lowest BCUT2D eigenvalue weighted by Gasteiger charge is -2.01. The molecule has 0 bridgehead atoms. The molecule has 1 aromatic rings. The van der Waals surface area contributed by atoms with Crippen molar-refractivity contribution in [2.24, 2.45) is 4.99 Å². The van der Waals surface area contributed by atoms with E-state index in [2.05, 4.69) is 11.9 Å². The summed E-state index contributed by atoms with van der Waals surface area (Å²) in [6, 6.07) is 2.72. The third kappa shape index (κ3) is 3.47. The van der Waals surface area contributed by atoms with Gasteiger partial charge in [-0.25, -0.2) is 4.39 Å². The minimum Gasteiger partial charge on any atom is -0.292 e. The fourth-order valence-corrected chi connectivity index (χ4v) is 1.43. The van der Waals surface area contributed by atoms with Gasteiger partial charge in [-0.05, 0) is 18.6 Å². The molecule has 0 radical (unpaired) electrons. The fourth-order valence-electron chi connectivity index (χ4n) is 1.07. The molecule has 0 aliphatic carbocycles. The van der Waals surface area contributed by atoms with E-state index in [-0.39, 0.29) is 10.6 Å². The first-order valence-electron chi connectivity index (χ1n) is 4.80. The van der Waals surface area contributed by atoms with E-state index in [0.717, 1.165) is 12.8 Å². The number of halogens is 3. The molecule has 1 rings (SSSR count). The largest absolute Gasteiger partial charge is 0.292 e. The van der Waals surface area contributed by atoms with E-state index in [4.69, 9.17) is 23.2 Å². The first-order valence-corrected chi connectivity index (χ1v) is 5.55. The van der Waals surface area contributed by atoms with Gasteiger partial charge in [0.15, 0.2) is 0 Å². The van der Waals surface area contributed by atoms with Crippen LogP contribution < -0.4 is 0 Å². The predicted octanol–water partition coefficient (Wildman–Crippen LogP) is 4.35. The summed E-state index contributed by atoms with van der Waals surface area (Å²) in [4.78, 5) is 4.09. The topological polar surface area (TPSA) is 12.4 Å². The minimum absolute atomic E-state index is 0.219. The average Bonchev–Trinajstić information content (AvgIpc) is 2.23. The highest BCUT2D eigenvalue weighted by Crippen LogP contribution is 2.26. The van der Waals surface area contributed by atoms with Gasteiger partial charge in [-0.15, -0.1) is 0 Å². The van der Waals surface area contributed by atoms with E-state index < -0.39 is 5.82 Å². The Hall–Kier alpha value is -0.600. The van der Waals surface area contributed by atoms with Crippen molar-refractivity contribution in [2.45, 2.75) is 19.8 Å². The Morgan fingerprint density at radius 1 is 1.40 bits per heavy atom. The molecule has 0 fully saturated rings. The first kappa shape index (κ1) is 12.5. The molecule has 0 aliphatic rings. The molecule has 15 heavy (non-hydrogen) atoms. The lowest BCUT2D eigenvalue weighted by atomic mass is 10.2. The van der Waals surface area contributed by atoms with Crippen LogP contribution in [0.2, 0.25) is 10.0 Å². The van der Waals surface area contributed by atoms with Gasteiger partial charge in [0, 0.05) is 18.3 Å². The van der Waals surface area contributed by atoms with Crippen LogP contribution in [0.1, 0.15) is 25.3 Å². The highest BCUT2D eigenvalue weighted by Gasteiger charge is 2.08. The van der Waals surface area contributed by atoms with E-state index >= 15 is 0 Å². The van der Waals surface area contributed by atoms with E-state index in [0.29, 0.717) is 11.6 Å². The molecule has 0 heterocycles. The van der Waals surface area contributed by atoms with Gasteiger partial charge >= 0.3 is 0 Å². The van der Waals surface area contributed by atoms with Crippen LogP contribution in [-0.4, -0.2) is 12.8 Å². The molecule has 0 aliphatic heterocycles. The molecule has 0 saturated carbocycles. The molecular weight excluding hydrogens is 236 g/mol. The van der Waals surface area contributed by atoms with Gasteiger partial charge in [0.25, 0.3) is 0 Å². The zero-order valence-corrected chi connectivity index (χ0v) is 9.95. The Morgan fingerprint density at radius 2 is 2.13 bits per heavy atom. The van der Waals surface area contributed by atoms with Crippen LogP contribution in [0.3, 0.4) is 0 Å². The number of unbranched alkanes of at least 4 members (excludes halogenated alkanes) is 1. The number of benzene rings is 1. The second-order valence-electron chi connectivity index (χ2n) is 3.15. The molecule has 0 aromatic heterocycles. The van der Waals surface area contributed by atoms with Crippen LogP contribution in [0.5, 0.6) is 0 Å². The summed E-state index contributed by atoms with van der Waals surface area (Å²) in [5.74, 6) is -0.398. The summed E-state index contributed by atoms with van der Waals surface area (Å²) in [7, 11) is 0. The summed E-state index contributed by atoms with van der Waals surface area (Å²) in [5.41, 5.74) is 0.264.